The molecule has 0 saturated carbocycles. The number of ether oxygens (including phenoxy) is 10. The summed E-state index contributed by atoms with van der Waals surface area (Å²) in [6, 6.07) is 34.5. The van der Waals surface area contributed by atoms with Crippen molar-refractivity contribution >= 4 is 78.5 Å². The zero-order valence-electron chi connectivity index (χ0n) is 66.5. The molecule has 9 aromatic carbocycles. The van der Waals surface area contributed by atoms with Crippen LogP contribution in [0.5, 0.6) is 46.0 Å². The predicted octanol–water partition coefficient (Wildman–Crippen LogP) is 17.4. The SMILES string of the molecule is CCOCCC(C(=O)N(CC)CCOCC1CO1)N1C(=O)c2cc(Oc3ccc(C(C)(C)C)cc3)c3c4c(Oc5ccc(C(C)(C)C)cc5)cc5c6c(cc(Oc7ccc(C(C)(C)C)cc7)c(c7c(Oc8ccc(C(C)(C)C)cc8)cc(c2c37)C1=O)c64)C(=O)N(C(CCOCC)C(=O)N(CC)CCOCC1CO1)C5=O. The number of benzene rings is 9. The van der Waals surface area contributed by atoms with Crippen molar-refractivity contribution in [3.8, 4) is 46.0 Å². The summed E-state index contributed by atoms with van der Waals surface area (Å²) in [5, 5.41) is 2.22. The molecule has 2 saturated heterocycles. The monoisotopic (exact) mass is 1500 g/mol. The molecule has 13 rings (SSSR count). The molecular weight excluding hydrogens is 1390 g/mol. The first kappa shape index (κ1) is 78.6. The Morgan fingerprint density at radius 1 is 0.382 bits per heavy atom. The summed E-state index contributed by atoms with van der Waals surface area (Å²) in [4.78, 5) is 103. The topological polar surface area (TPSA) is 214 Å². The Morgan fingerprint density at radius 2 is 0.636 bits per heavy atom. The van der Waals surface area contributed by atoms with Crippen LogP contribution in [0.2, 0.25) is 0 Å². The summed E-state index contributed by atoms with van der Waals surface area (Å²) in [6.45, 7) is 36.5. The third-order valence-electron chi connectivity index (χ3n) is 21.2. The molecule has 4 heterocycles. The first-order chi connectivity index (χ1) is 52.4. The number of likely N-dealkylation sites (N-methyl/N-ethyl adjacent to an activating group) is 2. The number of amides is 6. The van der Waals surface area contributed by atoms with E-state index >= 15 is 28.8 Å². The van der Waals surface area contributed by atoms with Crippen LogP contribution in [0.15, 0.2) is 121 Å². The third kappa shape index (κ3) is 16.2. The summed E-state index contributed by atoms with van der Waals surface area (Å²) in [6.07, 6.45) is -0.114. The van der Waals surface area contributed by atoms with E-state index < -0.39 is 47.5 Å². The van der Waals surface area contributed by atoms with E-state index in [0.717, 1.165) is 32.1 Å². The van der Waals surface area contributed by atoms with E-state index in [-0.39, 0.29) is 155 Å². The fraction of sp³-hybridized carbons (Fsp3) is 0.444. The molecular formula is C90H104N4O16. The lowest BCUT2D eigenvalue weighted by Gasteiger charge is -2.37. The van der Waals surface area contributed by atoms with Crippen LogP contribution < -0.4 is 18.9 Å². The molecule has 0 bridgehead atoms. The second-order valence-electron chi connectivity index (χ2n) is 33.1. The average Bonchev–Trinajstić information content (AvgIpc) is 1.10. The molecule has 2 fully saturated rings. The molecule has 0 spiro atoms. The number of epoxide rings is 2. The van der Waals surface area contributed by atoms with Gasteiger partial charge in [-0.25, -0.2) is 0 Å². The van der Waals surface area contributed by atoms with Crippen molar-refractivity contribution in [3.05, 3.63) is 166 Å². The van der Waals surface area contributed by atoms with Gasteiger partial charge in [0.15, 0.2) is 0 Å². The van der Waals surface area contributed by atoms with Crippen LogP contribution in [0.4, 0.5) is 0 Å². The summed E-state index contributed by atoms with van der Waals surface area (Å²) in [5.41, 5.74) is 3.10. The van der Waals surface area contributed by atoms with Crippen LogP contribution in [-0.4, -0.2) is 172 Å². The minimum Gasteiger partial charge on any atom is -0.457 e. The summed E-state index contributed by atoms with van der Waals surface area (Å²) in [7, 11) is 0. The second-order valence-corrected chi connectivity index (χ2v) is 33.1. The molecule has 110 heavy (non-hydrogen) atoms. The van der Waals surface area contributed by atoms with Gasteiger partial charge in [-0.15, -0.1) is 0 Å². The van der Waals surface area contributed by atoms with Gasteiger partial charge in [0.2, 0.25) is 11.8 Å². The summed E-state index contributed by atoms with van der Waals surface area (Å²) in [5.74, 6) is -2.18. The molecule has 9 aromatic rings. The Bertz CT molecular complexity index is 4380. The van der Waals surface area contributed by atoms with Crippen LogP contribution in [0.1, 0.15) is 187 Å². The predicted molar refractivity (Wildman–Crippen MR) is 425 cm³/mol. The highest BCUT2D eigenvalue weighted by Gasteiger charge is 2.48. The Hall–Kier alpha value is -9.54. The van der Waals surface area contributed by atoms with Gasteiger partial charge < -0.3 is 57.2 Å². The smallest absolute Gasteiger partial charge is 0.262 e. The van der Waals surface area contributed by atoms with E-state index in [9.17, 15) is 0 Å². The number of rotatable bonds is 32. The standard InChI is InChI=1S/C90H104N4O16/c1-17-91(39-43-103-49-61-51-105-61)85(99)67(37-41-101-19-3)93-81(95)63-45-69(107-57-29-21-53(22-30-57)87(5,6)7)75-77-71(109-59-33-25-55(26-34-59)89(11,12)13)47-65-74-66(84(98)94(83(65)97)68(38-42-102-20-4)86(100)92(18-2)40-44-104-50-62-52-106-62)48-72(110-60-35-27-56(28-36-60)90(14,15)16)78(80(74)77)76-70(46-64(82(93)96)73(63)79(75)76)108-58-31-23-54(24-32-58)88(8,9)10/h21-36,45-48,61-62,67-68H,17-20,37-44,49-52H2,1-16H3. The molecule has 4 unspecified atom stereocenters. The number of imide groups is 2. The van der Waals surface area contributed by atoms with Crippen LogP contribution in [0.3, 0.4) is 0 Å². The largest absolute Gasteiger partial charge is 0.457 e. The maximum Gasteiger partial charge on any atom is 0.262 e. The fourth-order valence-electron chi connectivity index (χ4n) is 14.8. The lowest BCUT2D eigenvalue weighted by atomic mass is 9.80. The van der Waals surface area contributed by atoms with Gasteiger partial charge in [0.1, 0.15) is 70.3 Å². The maximum atomic E-state index is 16.6. The van der Waals surface area contributed by atoms with E-state index in [2.05, 4.69) is 83.1 Å². The molecule has 0 aromatic heterocycles. The van der Waals surface area contributed by atoms with Gasteiger partial charge in [-0.2, -0.15) is 0 Å². The van der Waals surface area contributed by atoms with Crippen molar-refractivity contribution < 1.29 is 76.1 Å². The van der Waals surface area contributed by atoms with Gasteiger partial charge in [-0.05, 0) is 144 Å². The molecule has 4 aliphatic heterocycles. The Labute approximate surface area is 644 Å². The van der Waals surface area contributed by atoms with Crippen molar-refractivity contribution in [2.45, 2.75) is 170 Å². The normalized spacial score (nSPS) is 16.4. The quantitative estimate of drug-likeness (QED) is 0.0126. The van der Waals surface area contributed by atoms with Crippen molar-refractivity contribution in [2.24, 2.45) is 0 Å². The van der Waals surface area contributed by atoms with E-state index in [4.69, 9.17) is 47.4 Å². The van der Waals surface area contributed by atoms with Crippen LogP contribution in [0.25, 0.3) is 43.1 Å². The molecule has 6 amide bonds. The van der Waals surface area contributed by atoms with E-state index in [1.807, 2.05) is 125 Å². The fourth-order valence-corrected chi connectivity index (χ4v) is 14.8. The molecule has 0 aliphatic carbocycles. The molecule has 20 heteroatoms. The van der Waals surface area contributed by atoms with Crippen molar-refractivity contribution in [3.63, 3.8) is 0 Å². The highest BCUT2D eigenvalue weighted by atomic mass is 16.6. The molecule has 0 radical (unpaired) electrons. The van der Waals surface area contributed by atoms with Crippen molar-refractivity contribution in [2.75, 3.05) is 92.2 Å². The van der Waals surface area contributed by atoms with Crippen molar-refractivity contribution in [1.82, 2.24) is 19.6 Å². The molecule has 580 valence electrons. The van der Waals surface area contributed by atoms with Crippen LogP contribution in [-0.2, 0) is 59.7 Å². The molecule has 0 N–H and O–H groups in total. The van der Waals surface area contributed by atoms with Gasteiger partial charge >= 0.3 is 0 Å². The number of carbonyl (C=O) groups excluding carboxylic acids is 6. The van der Waals surface area contributed by atoms with Crippen LogP contribution >= 0.6 is 0 Å². The van der Waals surface area contributed by atoms with E-state index in [1.165, 1.54) is 0 Å². The molecule has 4 aliphatic rings. The first-order valence-electron chi connectivity index (χ1n) is 38.8. The number of nitrogens with zero attached hydrogens (tertiary/aromatic N) is 4. The third-order valence-corrected chi connectivity index (χ3v) is 21.2. The van der Waals surface area contributed by atoms with Crippen molar-refractivity contribution in [1.29, 1.82) is 0 Å². The summed E-state index contributed by atoms with van der Waals surface area (Å²) < 4.78 is 64.3. The second kappa shape index (κ2) is 31.7. The van der Waals surface area contributed by atoms with E-state index in [0.29, 0.717) is 95.0 Å². The molecule has 20 nitrogen and oxygen atoms in total. The maximum absolute atomic E-state index is 16.6. The zero-order chi connectivity index (χ0) is 78.5. The Morgan fingerprint density at radius 3 is 0.855 bits per heavy atom. The number of hydrogen-bond donors (Lipinski definition) is 0. The van der Waals surface area contributed by atoms with Gasteiger partial charge in [0.05, 0.1) is 61.9 Å². The van der Waals surface area contributed by atoms with Gasteiger partial charge in [0.25, 0.3) is 23.6 Å². The number of carbonyl (C=O) groups is 6. The highest BCUT2D eigenvalue weighted by Crippen LogP contribution is 2.58. The number of fused-ring (bicyclic) bond motifs is 2. The average molecular weight is 1500 g/mol. The Balaban J connectivity index is 1.16. The highest BCUT2D eigenvalue weighted by molar-refractivity contribution is 6.45. The summed E-state index contributed by atoms with van der Waals surface area (Å²) >= 11 is 0. The first-order valence-corrected chi connectivity index (χ1v) is 38.8. The molecule has 4 atom stereocenters. The van der Waals surface area contributed by atoms with Crippen LogP contribution in [0, 0.1) is 0 Å². The van der Waals surface area contributed by atoms with Gasteiger partial charge in [-0.1, -0.05) is 132 Å². The van der Waals surface area contributed by atoms with E-state index in [1.54, 1.807) is 34.1 Å². The minimum atomic E-state index is -1.38. The van der Waals surface area contributed by atoms with Gasteiger partial charge in [0, 0.05) is 109 Å². The number of hydrogen-bond acceptors (Lipinski definition) is 16. The minimum absolute atomic E-state index is 0.00801. The Kier molecular flexibility index (Phi) is 22.6. The lowest BCUT2D eigenvalue weighted by Crippen LogP contribution is -2.55. The zero-order valence-corrected chi connectivity index (χ0v) is 66.5. The lowest BCUT2D eigenvalue weighted by molar-refractivity contribution is -0.137. The van der Waals surface area contributed by atoms with Gasteiger partial charge in [-0.3, -0.25) is 38.6 Å².